The van der Waals surface area contributed by atoms with Crippen molar-refractivity contribution in [2.45, 2.75) is 13.5 Å². The van der Waals surface area contributed by atoms with E-state index in [4.69, 9.17) is 11.6 Å². The lowest BCUT2D eigenvalue weighted by atomic mass is 10.2. The van der Waals surface area contributed by atoms with Crippen LogP contribution in [0.15, 0.2) is 64.1 Å². The molecule has 0 bridgehead atoms. The summed E-state index contributed by atoms with van der Waals surface area (Å²) in [7, 11) is 0. The van der Waals surface area contributed by atoms with Crippen molar-refractivity contribution in [2.75, 3.05) is 0 Å². The molecule has 122 valence electrons. The van der Waals surface area contributed by atoms with Gasteiger partial charge in [-0.05, 0) is 54.4 Å². The summed E-state index contributed by atoms with van der Waals surface area (Å²) < 4.78 is 2.11. The zero-order valence-electron chi connectivity index (χ0n) is 13.1. The average Bonchev–Trinajstić information content (AvgIpc) is 3.00. The Hall–Kier alpha value is -2.37. The number of aromatic nitrogens is 1. The molecule has 1 N–H and O–H groups in total. The lowest BCUT2D eigenvalue weighted by molar-refractivity contribution is 0.475. The Bertz CT molecular complexity index is 909. The van der Waals surface area contributed by atoms with Gasteiger partial charge in [-0.1, -0.05) is 23.7 Å². The molecule has 24 heavy (non-hydrogen) atoms. The van der Waals surface area contributed by atoms with E-state index in [9.17, 15) is 5.11 Å². The number of aromatic hydroxyl groups is 1. The molecule has 4 nitrogen and oxygen atoms in total. The first kappa shape index (κ1) is 16.5. The van der Waals surface area contributed by atoms with Gasteiger partial charge in [-0.15, -0.1) is 16.4 Å². The number of phenols is 1. The molecule has 0 radical (unpaired) electrons. The zero-order chi connectivity index (χ0) is 16.9. The van der Waals surface area contributed by atoms with Gasteiger partial charge in [-0.25, -0.2) is 0 Å². The predicted octanol–water partition coefficient (Wildman–Crippen LogP) is 4.53. The molecule has 3 aromatic rings. The van der Waals surface area contributed by atoms with Gasteiger partial charge in [-0.3, -0.25) is 0 Å². The van der Waals surface area contributed by atoms with Crippen LogP contribution in [0.25, 0.3) is 11.3 Å². The number of halogens is 1. The van der Waals surface area contributed by atoms with E-state index >= 15 is 0 Å². The second-order valence-electron chi connectivity index (χ2n) is 5.09. The summed E-state index contributed by atoms with van der Waals surface area (Å²) in [6, 6.07) is 14.6. The molecule has 0 fully saturated rings. The Morgan fingerprint density at radius 3 is 2.50 bits per heavy atom. The number of benzene rings is 2. The third-order valence-electron chi connectivity index (χ3n) is 3.50. The molecule has 1 heterocycles. The van der Waals surface area contributed by atoms with Crippen LogP contribution in [-0.4, -0.2) is 15.9 Å². The monoisotopic (exact) mass is 357 g/mol. The van der Waals surface area contributed by atoms with Crippen LogP contribution < -0.4 is 4.80 Å². The summed E-state index contributed by atoms with van der Waals surface area (Å²) in [6.45, 7) is 2.88. The van der Waals surface area contributed by atoms with Crippen molar-refractivity contribution >= 4 is 29.2 Å². The van der Waals surface area contributed by atoms with Crippen molar-refractivity contribution in [2.24, 2.45) is 10.2 Å². The second-order valence-corrected chi connectivity index (χ2v) is 6.36. The highest BCUT2D eigenvalue weighted by molar-refractivity contribution is 7.07. The third kappa shape index (κ3) is 3.75. The summed E-state index contributed by atoms with van der Waals surface area (Å²) in [6.07, 6.45) is 1.67. The molecular formula is C18H16ClN3OS. The number of nitrogens with zero attached hydrogens (tertiary/aromatic N) is 3. The fraction of sp³-hybridized carbons (Fsp3) is 0.111. The van der Waals surface area contributed by atoms with Crippen molar-refractivity contribution in [1.29, 1.82) is 0 Å². The molecule has 0 amide bonds. The topological polar surface area (TPSA) is 49.9 Å². The smallest absolute Gasteiger partial charge is 0.211 e. The Morgan fingerprint density at radius 2 is 1.83 bits per heavy atom. The first-order chi connectivity index (χ1) is 11.7. The van der Waals surface area contributed by atoms with Crippen LogP contribution in [0.5, 0.6) is 5.75 Å². The molecule has 1 aromatic heterocycles. The SMILES string of the molecule is CCn1c(-c2ccc(Cl)cc2)csc1=NN=Cc1ccc(O)cc1. The molecule has 0 aliphatic heterocycles. The van der Waals surface area contributed by atoms with Crippen LogP contribution in [-0.2, 0) is 6.54 Å². The molecular weight excluding hydrogens is 342 g/mol. The summed E-state index contributed by atoms with van der Waals surface area (Å²) in [5, 5.41) is 20.6. The largest absolute Gasteiger partial charge is 0.508 e. The minimum Gasteiger partial charge on any atom is -0.508 e. The highest BCUT2D eigenvalue weighted by Gasteiger charge is 2.06. The van der Waals surface area contributed by atoms with E-state index in [1.165, 1.54) is 0 Å². The van der Waals surface area contributed by atoms with E-state index in [0.29, 0.717) is 0 Å². The van der Waals surface area contributed by atoms with Crippen LogP contribution in [0.3, 0.4) is 0 Å². The fourth-order valence-electron chi connectivity index (χ4n) is 2.27. The number of hydrogen-bond donors (Lipinski definition) is 1. The maximum Gasteiger partial charge on any atom is 0.211 e. The molecule has 0 aliphatic rings. The van der Waals surface area contributed by atoms with Gasteiger partial charge in [0.15, 0.2) is 0 Å². The van der Waals surface area contributed by atoms with Gasteiger partial charge >= 0.3 is 0 Å². The van der Waals surface area contributed by atoms with Crippen LogP contribution in [0.4, 0.5) is 0 Å². The quantitative estimate of drug-likeness (QED) is 0.541. The lowest BCUT2D eigenvalue weighted by Crippen LogP contribution is -2.14. The van der Waals surface area contributed by atoms with Gasteiger partial charge in [0.05, 0.1) is 11.9 Å². The standard InChI is InChI=1S/C18H16ClN3OS/c1-2-22-17(14-5-7-15(19)8-6-14)12-24-18(22)21-20-11-13-3-9-16(23)10-4-13/h3-12,23H,2H2,1H3. The molecule has 3 rings (SSSR count). The van der Waals surface area contributed by atoms with E-state index in [1.54, 1.807) is 41.8 Å². The number of hydrogen-bond acceptors (Lipinski definition) is 4. The van der Waals surface area contributed by atoms with E-state index < -0.39 is 0 Å². The van der Waals surface area contributed by atoms with Crippen molar-refractivity contribution in [3.8, 4) is 17.0 Å². The number of thiazole rings is 1. The van der Waals surface area contributed by atoms with Gasteiger partial charge in [0.1, 0.15) is 5.75 Å². The Kier molecular flexibility index (Phi) is 5.13. The second kappa shape index (κ2) is 7.47. The Balaban J connectivity index is 1.91. The average molecular weight is 358 g/mol. The Labute approximate surface area is 149 Å². The van der Waals surface area contributed by atoms with E-state index in [1.807, 2.05) is 24.3 Å². The minimum atomic E-state index is 0.235. The highest BCUT2D eigenvalue weighted by atomic mass is 35.5. The van der Waals surface area contributed by atoms with Crippen LogP contribution in [0, 0.1) is 0 Å². The first-order valence-corrected chi connectivity index (χ1v) is 8.73. The van der Waals surface area contributed by atoms with Gasteiger partial charge < -0.3 is 9.67 Å². The molecule has 0 aliphatic carbocycles. The molecule has 0 spiro atoms. The van der Waals surface area contributed by atoms with Gasteiger partial charge in [0, 0.05) is 16.9 Å². The maximum absolute atomic E-state index is 9.28. The minimum absolute atomic E-state index is 0.235. The van der Waals surface area contributed by atoms with Crippen LogP contribution in [0.2, 0.25) is 5.02 Å². The molecule has 0 atom stereocenters. The number of phenolic OH excluding ortho intramolecular Hbond substituents is 1. The predicted molar refractivity (Wildman–Crippen MR) is 99.7 cm³/mol. The summed E-state index contributed by atoms with van der Waals surface area (Å²) in [5.74, 6) is 0.235. The molecule has 0 saturated heterocycles. The molecule has 6 heteroatoms. The summed E-state index contributed by atoms with van der Waals surface area (Å²) >= 11 is 7.50. The number of rotatable bonds is 4. The Morgan fingerprint density at radius 1 is 1.12 bits per heavy atom. The first-order valence-electron chi connectivity index (χ1n) is 7.47. The van der Waals surface area contributed by atoms with Crippen LogP contribution in [0.1, 0.15) is 12.5 Å². The van der Waals surface area contributed by atoms with E-state index in [2.05, 4.69) is 27.1 Å². The highest BCUT2D eigenvalue weighted by Crippen LogP contribution is 2.22. The maximum atomic E-state index is 9.28. The molecule has 0 unspecified atom stereocenters. The third-order valence-corrected chi connectivity index (χ3v) is 4.60. The van der Waals surface area contributed by atoms with Gasteiger partial charge in [0.25, 0.3) is 0 Å². The fourth-order valence-corrected chi connectivity index (χ4v) is 3.33. The molecule has 0 saturated carbocycles. The van der Waals surface area contributed by atoms with E-state index in [-0.39, 0.29) is 5.75 Å². The zero-order valence-corrected chi connectivity index (χ0v) is 14.6. The van der Waals surface area contributed by atoms with Crippen molar-refractivity contribution in [3.63, 3.8) is 0 Å². The van der Waals surface area contributed by atoms with E-state index in [0.717, 1.165) is 33.2 Å². The van der Waals surface area contributed by atoms with Crippen molar-refractivity contribution in [1.82, 2.24) is 4.57 Å². The summed E-state index contributed by atoms with van der Waals surface area (Å²) in [4.78, 5) is 0.831. The normalized spacial score (nSPS) is 12.2. The lowest BCUT2D eigenvalue weighted by Gasteiger charge is -2.05. The summed E-state index contributed by atoms with van der Waals surface area (Å²) in [5.41, 5.74) is 3.08. The van der Waals surface area contributed by atoms with Crippen molar-refractivity contribution < 1.29 is 5.11 Å². The van der Waals surface area contributed by atoms with Crippen LogP contribution >= 0.6 is 22.9 Å². The van der Waals surface area contributed by atoms with Gasteiger partial charge in [0.2, 0.25) is 4.80 Å². The molecule has 2 aromatic carbocycles. The van der Waals surface area contributed by atoms with Gasteiger partial charge in [-0.2, -0.15) is 5.10 Å². The van der Waals surface area contributed by atoms with Crippen molar-refractivity contribution in [3.05, 3.63) is 69.3 Å².